The van der Waals surface area contributed by atoms with Crippen LogP contribution < -0.4 is 0 Å². The summed E-state index contributed by atoms with van der Waals surface area (Å²) in [6, 6.07) is 0. The van der Waals surface area contributed by atoms with Crippen LogP contribution in [0.3, 0.4) is 0 Å². The molecule has 0 fully saturated rings. The van der Waals surface area contributed by atoms with Crippen LogP contribution in [0.1, 0.15) is 0 Å². The fourth-order valence-electron chi connectivity index (χ4n) is 1.37. The molecule has 0 aliphatic rings. The first kappa shape index (κ1) is 27.5. The summed E-state index contributed by atoms with van der Waals surface area (Å²) in [4.78, 5) is 0. The minimum absolute atomic E-state index is 3.83. The minimum Gasteiger partial charge on any atom is -0.422 e. The SMILES string of the molecule is OB(O)C(F)=C(F)C(F)(F)C(F)(F)C(F)(F)C(F)(F)C(F)(F)C(F)(F)C(F)(F)F. The summed E-state index contributed by atoms with van der Waals surface area (Å²) in [7, 11) is -4.11. The molecule has 2 nitrogen and oxygen atoms in total. The molecule has 0 bridgehead atoms. The number of alkyl halides is 15. The highest BCUT2D eigenvalue weighted by Gasteiger charge is 2.93. The Kier molecular flexibility index (Phi) is 6.69. The third-order valence-corrected chi connectivity index (χ3v) is 3.04. The first-order chi connectivity index (χ1) is 12.3. The van der Waals surface area contributed by atoms with Crippen molar-refractivity contribution >= 4 is 7.12 Å². The molecule has 0 atom stereocenters. The molecular weight excluding hydrogens is 474 g/mol. The van der Waals surface area contributed by atoms with E-state index in [1.807, 2.05) is 0 Å². The molecule has 0 aliphatic heterocycles. The van der Waals surface area contributed by atoms with Gasteiger partial charge in [-0.15, -0.1) is 0 Å². The van der Waals surface area contributed by atoms with E-state index < -0.39 is 60.4 Å². The van der Waals surface area contributed by atoms with Crippen LogP contribution >= 0.6 is 0 Å². The van der Waals surface area contributed by atoms with Crippen molar-refractivity contribution in [1.29, 1.82) is 0 Å². The second-order valence-corrected chi connectivity index (χ2v) is 4.98. The van der Waals surface area contributed by atoms with Gasteiger partial charge in [-0.05, 0) is 0 Å². The predicted molar refractivity (Wildman–Crippen MR) is 55.2 cm³/mol. The number of hydrogen-bond acceptors (Lipinski definition) is 2. The van der Waals surface area contributed by atoms with Crippen molar-refractivity contribution in [2.24, 2.45) is 0 Å². The lowest BCUT2D eigenvalue weighted by atomic mass is 9.85. The molecule has 29 heavy (non-hydrogen) atoms. The Morgan fingerprint density at radius 3 is 1.03 bits per heavy atom. The first-order valence-electron chi connectivity index (χ1n) is 6.02. The van der Waals surface area contributed by atoms with E-state index in [0.29, 0.717) is 0 Å². The number of halogens is 17. The Balaban J connectivity index is 6.77. The number of hydrogen-bond donors (Lipinski definition) is 2. The quantitative estimate of drug-likeness (QED) is 0.420. The molecule has 0 heterocycles. The largest absolute Gasteiger partial charge is 0.521 e. The molecule has 0 saturated heterocycles. The lowest BCUT2D eigenvalue weighted by Gasteiger charge is -2.41. The first-order valence-corrected chi connectivity index (χ1v) is 6.02. The molecule has 0 amide bonds. The van der Waals surface area contributed by atoms with Crippen LogP contribution in [0.5, 0.6) is 0 Å². The maximum atomic E-state index is 13.1. The lowest BCUT2D eigenvalue weighted by molar-refractivity contribution is -0.450. The Hall–Kier alpha value is -1.47. The van der Waals surface area contributed by atoms with Crippen LogP contribution in [0.4, 0.5) is 74.6 Å². The van der Waals surface area contributed by atoms with E-state index in [-0.39, 0.29) is 0 Å². The van der Waals surface area contributed by atoms with Gasteiger partial charge in [0.2, 0.25) is 5.83 Å². The van der Waals surface area contributed by atoms with Gasteiger partial charge in [-0.1, -0.05) is 0 Å². The smallest absolute Gasteiger partial charge is 0.422 e. The van der Waals surface area contributed by atoms with Crippen LogP contribution in [-0.2, 0) is 0 Å². The summed E-state index contributed by atoms with van der Waals surface area (Å²) in [5.74, 6) is -54.7. The second kappa shape index (κ2) is 7.05. The van der Waals surface area contributed by atoms with E-state index in [4.69, 9.17) is 10.0 Å². The normalized spacial score (nSPS) is 16.7. The summed E-state index contributed by atoms with van der Waals surface area (Å²) in [6.07, 6.45) is -7.80. The van der Waals surface area contributed by atoms with Gasteiger partial charge in [0.25, 0.3) is 0 Å². The molecule has 2 N–H and O–H groups in total. The van der Waals surface area contributed by atoms with Crippen LogP contribution in [0.15, 0.2) is 11.6 Å². The molecule has 0 unspecified atom stereocenters. The van der Waals surface area contributed by atoms with Gasteiger partial charge in [0.05, 0.1) is 0 Å². The third-order valence-electron chi connectivity index (χ3n) is 3.04. The number of allylic oxidation sites excluding steroid dienone is 1. The van der Waals surface area contributed by atoms with Crippen molar-refractivity contribution in [2.75, 3.05) is 0 Å². The zero-order chi connectivity index (χ0) is 24.2. The topological polar surface area (TPSA) is 40.5 Å². The highest BCUT2D eigenvalue weighted by Crippen LogP contribution is 2.63. The van der Waals surface area contributed by atoms with E-state index in [1.165, 1.54) is 0 Å². The van der Waals surface area contributed by atoms with Crippen molar-refractivity contribution < 1.29 is 84.7 Å². The average molecular weight is 476 g/mol. The van der Waals surface area contributed by atoms with Crippen molar-refractivity contribution in [3.8, 4) is 0 Å². The van der Waals surface area contributed by atoms with Crippen LogP contribution in [0, 0.1) is 0 Å². The second-order valence-electron chi connectivity index (χ2n) is 4.98. The molecule has 0 aromatic rings. The fourth-order valence-corrected chi connectivity index (χ4v) is 1.37. The molecule has 20 heteroatoms. The monoisotopic (exact) mass is 476 g/mol. The van der Waals surface area contributed by atoms with E-state index in [9.17, 15) is 74.6 Å². The minimum atomic E-state index is -8.67. The Morgan fingerprint density at radius 2 is 0.759 bits per heavy atom. The standard InChI is InChI=1S/C9H2BF17O2/c11-1(2(12)10(28)29)3(13,14)4(15,16)5(17,18)6(19,20)7(21,22)8(23,24)9(25,26)27/h28-29H. The summed E-state index contributed by atoms with van der Waals surface area (Å²) in [5.41, 5.74) is -3.83. The van der Waals surface area contributed by atoms with Crippen molar-refractivity contribution in [2.45, 2.75) is 41.7 Å². The van der Waals surface area contributed by atoms with Crippen LogP contribution in [0.2, 0.25) is 0 Å². The zero-order valence-corrected chi connectivity index (χ0v) is 12.4. The Bertz CT molecular complexity index is 648. The maximum Gasteiger partial charge on any atom is 0.521 e. The van der Waals surface area contributed by atoms with Crippen molar-refractivity contribution in [3.05, 3.63) is 11.6 Å². The van der Waals surface area contributed by atoms with Gasteiger partial charge in [-0.3, -0.25) is 0 Å². The zero-order valence-electron chi connectivity index (χ0n) is 12.4. The van der Waals surface area contributed by atoms with Gasteiger partial charge in [0.15, 0.2) is 5.73 Å². The van der Waals surface area contributed by atoms with E-state index in [0.717, 1.165) is 0 Å². The molecule has 0 aliphatic carbocycles. The van der Waals surface area contributed by atoms with Crippen molar-refractivity contribution in [1.82, 2.24) is 0 Å². The summed E-state index contributed by atoms with van der Waals surface area (Å²) in [5, 5.41) is 15.9. The predicted octanol–water partition coefficient (Wildman–Crippen LogP) is 4.52. The Morgan fingerprint density at radius 1 is 0.483 bits per heavy atom. The highest BCUT2D eigenvalue weighted by molar-refractivity contribution is 6.49. The summed E-state index contributed by atoms with van der Waals surface area (Å²) < 4.78 is 216. The summed E-state index contributed by atoms with van der Waals surface area (Å²) >= 11 is 0. The molecule has 0 spiro atoms. The fraction of sp³-hybridized carbons (Fsp3) is 0.778. The van der Waals surface area contributed by atoms with E-state index in [1.54, 1.807) is 0 Å². The average Bonchev–Trinajstić information content (AvgIpc) is 2.50. The third kappa shape index (κ3) is 3.61. The van der Waals surface area contributed by atoms with Gasteiger partial charge in [0.1, 0.15) is 0 Å². The van der Waals surface area contributed by atoms with E-state index in [2.05, 4.69) is 0 Å². The molecule has 0 radical (unpaired) electrons. The van der Waals surface area contributed by atoms with Gasteiger partial charge in [-0.25, -0.2) is 8.78 Å². The van der Waals surface area contributed by atoms with Crippen LogP contribution in [0.25, 0.3) is 0 Å². The summed E-state index contributed by atoms with van der Waals surface area (Å²) in [6.45, 7) is 0. The van der Waals surface area contributed by atoms with Gasteiger partial charge in [-0.2, -0.15) is 65.9 Å². The van der Waals surface area contributed by atoms with Crippen molar-refractivity contribution in [3.63, 3.8) is 0 Å². The molecule has 0 aromatic carbocycles. The number of rotatable bonds is 7. The van der Waals surface area contributed by atoms with Gasteiger partial charge >= 0.3 is 48.8 Å². The van der Waals surface area contributed by atoms with Gasteiger partial charge < -0.3 is 10.0 Å². The van der Waals surface area contributed by atoms with E-state index >= 15 is 0 Å². The molecular formula is C9H2BF17O2. The molecule has 0 saturated carbocycles. The Labute approximate surface area is 146 Å². The maximum absolute atomic E-state index is 13.1. The van der Waals surface area contributed by atoms with Crippen LogP contribution in [-0.4, -0.2) is 58.9 Å². The molecule has 0 aromatic heterocycles. The highest BCUT2D eigenvalue weighted by atomic mass is 19.4. The van der Waals surface area contributed by atoms with Gasteiger partial charge in [0, 0.05) is 0 Å². The molecule has 0 rings (SSSR count). The molecule has 172 valence electrons. The lowest BCUT2D eigenvalue weighted by Crippen LogP contribution is -2.72.